The minimum atomic E-state index is -0.866. The maximum Gasteiger partial charge on any atom is 0.307 e. The Morgan fingerprint density at radius 1 is 1.24 bits per heavy atom. The average Bonchev–Trinajstić information content (AvgIpc) is 3.15. The summed E-state index contributed by atoms with van der Waals surface area (Å²) in [5, 5.41) is 9.45. The third-order valence-electron chi connectivity index (χ3n) is 5.43. The molecule has 7 heteroatoms. The number of anilines is 1. The molecule has 0 saturated carbocycles. The third kappa shape index (κ3) is 4.82. The van der Waals surface area contributed by atoms with E-state index < -0.39 is 5.97 Å². The molecular formula is C22H24ClN3O3. The summed E-state index contributed by atoms with van der Waals surface area (Å²) in [6.45, 7) is 2.52. The van der Waals surface area contributed by atoms with Crippen LogP contribution in [0.2, 0.25) is 5.02 Å². The van der Waals surface area contributed by atoms with Gasteiger partial charge in [0.15, 0.2) is 0 Å². The number of aliphatic carboxylic acids is 1. The Kier molecular flexibility index (Phi) is 5.90. The highest BCUT2D eigenvalue weighted by Gasteiger charge is 2.21. The fraction of sp³-hybridized carbons (Fsp3) is 0.364. The van der Waals surface area contributed by atoms with Crippen LogP contribution in [0.3, 0.4) is 0 Å². The first-order valence-electron chi connectivity index (χ1n) is 9.91. The van der Waals surface area contributed by atoms with E-state index in [0.717, 1.165) is 49.3 Å². The van der Waals surface area contributed by atoms with Gasteiger partial charge in [-0.2, -0.15) is 0 Å². The minimum absolute atomic E-state index is 0.0339. The fourth-order valence-corrected chi connectivity index (χ4v) is 3.97. The Labute approximate surface area is 174 Å². The van der Waals surface area contributed by atoms with Gasteiger partial charge in [0.1, 0.15) is 5.75 Å². The number of rotatable bonds is 7. The molecule has 2 aromatic carbocycles. The zero-order valence-corrected chi connectivity index (χ0v) is 16.9. The van der Waals surface area contributed by atoms with Gasteiger partial charge in [-0.05, 0) is 55.0 Å². The van der Waals surface area contributed by atoms with Gasteiger partial charge in [0.25, 0.3) is 0 Å². The highest BCUT2D eigenvalue weighted by Crippen LogP contribution is 2.28. The predicted molar refractivity (Wildman–Crippen MR) is 114 cm³/mol. The summed E-state index contributed by atoms with van der Waals surface area (Å²) in [6.07, 6.45) is 3.10. The quantitative estimate of drug-likeness (QED) is 0.595. The number of fused-ring (bicyclic) bond motifs is 1. The molecule has 2 N–H and O–H groups in total. The van der Waals surface area contributed by atoms with Crippen LogP contribution >= 0.6 is 11.6 Å². The second kappa shape index (κ2) is 8.74. The normalized spacial score (nSPS) is 15.0. The molecule has 2 heterocycles. The van der Waals surface area contributed by atoms with Crippen molar-refractivity contribution in [3.63, 3.8) is 0 Å². The molecule has 3 aromatic rings. The maximum absolute atomic E-state index is 10.9. The number of hydrogen-bond acceptors (Lipinski definition) is 4. The van der Waals surface area contributed by atoms with Crippen LogP contribution < -0.4 is 9.64 Å². The molecule has 0 aliphatic carbocycles. The number of imidazole rings is 1. The van der Waals surface area contributed by atoms with E-state index >= 15 is 0 Å². The molecule has 0 bridgehead atoms. The molecule has 29 heavy (non-hydrogen) atoms. The molecule has 1 fully saturated rings. The molecule has 0 amide bonds. The summed E-state index contributed by atoms with van der Waals surface area (Å²) < 4.78 is 5.86. The van der Waals surface area contributed by atoms with Crippen molar-refractivity contribution in [3.8, 4) is 5.75 Å². The number of carboxylic acid groups (broad SMARTS) is 1. The Morgan fingerprint density at radius 2 is 2.03 bits per heavy atom. The van der Waals surface area contributed by atoms with E-state index in [1.165, 1.54) is 0 Å². The number of carbonyl (C=O) groups is 1. The molecule has 0 atom stereocenters. The molecule has 4 rings (SSSR count). The van der Waals surface area contributed by atoms with Crippen LogP contribution in [0.4, 0.5) is 5.95 Å². The molecular weight excluding hydrogens is 390 g/mol. The number of aromatic amines is 1. The van der Waals surface area contributed by atoms with Crippen molar-refractivity contribution in [3.05, 3.63) is 53.1 Å². The first-order chi connectivity index (χ1) is 14.1. The van der Waals surface area contributed by atoms with Gasteiger partial charge in [-0.15, -0.1) is 0 Å². The van der Waals surface area contributed by atoms with E-state index in [9.17, 15) is 4.79 Å². The number of carboxylic acids is 1. The lowest BCUT2D eigenvalue weighted by atomic mass is 9.94. The van der Waals surface area contributed by atoms with Crippen LogP contribution in [0, 0.1) is 5.92 Å². The number of aromatic nitrogens is 2. The van der Waals surface area contributed by atoms with Crippen molar-refractivity contribution in [1.29, 1.82) is 0 Å². The summed E-state index contributed by atoms with van der Waals surface area (Å²) in [4.78, 5) is 21.3. The van der Waals surface area contributed by atoms with Crippen LogP contribution in [-0.4, -0.2) is 40.7 Å². The van der Waals surface area contributed by atoms with Crippen LogP contribution in [0.15, 0.2) is 42.5 Å². The highest BCUT2D eigenvalue weighted by molar-refractivity contribution is 6.32. The Hall–Kier alpha value is -2.73. The summed E-state index contributed by atoms with van der Waals surface area (Å²) in [5.41, 5.74) is 2.76. The average molecular weight is 414 g/mol. The van der Waals surface area contributed by atoms with Gasteiger partial charge in [0, 0.05) is 13.1 Å². The van der Waals surface area contributed by atoms with Crippen molar-refractivity contribution >= 4 is 34.6 Å². The van der Waals surface area contributed by atoms with Crippen LogP contribution in [-0.2, 0) is 11.2 Å². The van der Waals surface area contributed by atoms with Crippen molar-refractivity contribution in [2.45, 2.75) is 25.7 Å². The number of para-hydroxylation sites is 2. The van der Waals surface area contributed by atoms with Gasteiger partial charge in [-0.1, -0.05) is 29.8 Å². The van der Waals surface area contributed by atoms with Crippen molar-refractivity contribution in [1.82, 2.24) is 9.97 Å². The lowest BCUT2D eigenvalue weighted by molar-refractivity contribution is -0.136. The van der Waals surface area contributed by atoms with E-state index in [0.29, 0.717) is 28.9 Å². The largest absolute Gasteiger partial charge is 0.492 e. The van der Waals surface area contributed by atoms with Gasteiger partial charge in [-0.25, -0.2) is 4.98 Å². The number of H-pyrrole nitrogens is 1. The number of nitrogens with one attached hydrogen (secondary N) is 1. The predicted octanol–water partition coefficient (Wildman–Crippen LogP) is 4.53. The number of piperidine rings is 1. The first kappa shape index (κ1) is 19.6. The second-order valence-electron chi connectivity index (χ2n) is 7.48. The van der Waals surface area contributed by atoms with E-state index in [2.05, 4.69) is 9.88 Å². The molecule has 6 nitrogen and oxygen atoms in total. The van der Waals surface area contributed by atoms with Crippen LogP contribution in [0.1, 0.15) is 24.8 Å². The Morgan fingerprint density at radius 3 is 2.79 bits per heavy atom. The second-order valence-corrected chi connectivity index (χ2v) is 7.89. The van der Waals surface area contributed by atoms with Crippen molar-refractivity contribution in [2.75, 3.05) is 24.6 Å². The van der Waals surface area contributed by atoms with E-state index in [-0.39, 0.29) is 6.42 Å². The first-order valence-corrected chi connectivity index (χ1v) is 10.3. The van der Waals surface area contributed by atoms with Gasteiger partial charge < -0.3 is 19.7 Å². The smallest absolute Gasteiger partial charge is 0.307 e. The Bertz CT molecular complexity index is 963. The fourth-order valence-electron chi connectivity index (χ4n) is 3.80. The SMILES string of the molecule is O=C(O)Cc1ccc(Cl)c(OCCC2CCN(c3nc4ccccc4[nH]3)CC2)c1. The van der Waals surface area contributed by atoms with Gasteiger partial charge in [0.2, 0.25) is 5.95 Å². The number of ether oxygens (including phenoxy) is 1. The molecule has 1 aliphatic rings. The molecule has 0 radical (unpaired) electrons. The zero-order valence-electron chi connectivity index (χ0n) is 16.1. The summed E-state index contributed by atoms with van der Waals surface area (Å²) >= 11 is 6.19. The standard InChI is InChI=1S/C22H24ClN3O3/c23-17-6-5-16(14-21(27)28)13-20(17)29-12-9-15-7-10-26(11-8-15)22-24-18-3-1-2-4-19(18)25-22/h1-6,13,15H,7-12,14H2,(H,24,25)(H,27,28). The molecule has 0 spiro atoms. The van der Waals surface area contributed by atoms with Crippen molar-refractivity contribution < 1.29 is 14.6 Å². The van der Waals surface area contributed by atoms with Gasteiger partial charge in [0.05, 0.1) is 29.1 Å². The lowest BCUT2D eigenvalue weighted by Gasteiger charge is -2.31. The topological polar surface area (TPSA) is 78.5 Å². The number of hydrogen-bond donors (Lipinski definition) is 2. The molecule has 1 saturated heterocycles. The minimum Gasteiger partial charge on any atom is -0.492 e. The number of benzene rings is 2. The maximum atomic E-state index is 10.9. The van der Waals surface area contributed by atoms with Crippen LogP contribution in [0.25, 0.3) is 11.0 Å². The number of halogens is 1. The summed E-state index contributed by atoms with van der Waals surface area (Å²) in [7, 11) is 0. The van der Waals surface area contributed by atoms with Gasteiger partial charge in [-0.3, -0.25) is 4.79 Å². The van der Waals surface area contributed by atoms with E-state index in [4.69, 9.17) is 26.4 Å². The van der Waals surface area contributed by atoms with Crippen molar-refractivity contribution in [2.24, 2.45) is 5.92 Å². The molecule has 1 aliphatic heterocycles. The molecule has 152 valence electrons. The van der Waals surface area contributed by atoms with Gasteiger partial charge >= 0.3 is 5.97 Å². The molecule has 0 unspecified atom stereocenters. The zero-order chi connectivity index (χ0) is 20.2. The molecule has 1 aromatic heterocycles. The highest BCUT2D eigenvalue weighted by atomic mass is 35.5. The monoisotopic (exact) mass is 413 g/mol. The van der Waals surface area contributed by atoms with E-state index in [1.807, 2.05) is 24.3 Å². The van der Waals surface area contributed by atoms with Crippen LogP contribution in [0.5, 0.6) is 5.75 Å². The van der Waals surface area contributed by atoms with E-state index in [1.54, 1.807) is 18.2 Å². The Balaban J connectivity index is 1.26. The lowest BCUT2D eigenvalue weighted by Crippen LogP contribution is -2.34. The third-order valence-corrected chi connectivity index (χ3v) is 5.74. The summed E-state index contributed by atoms with van der Waals surface area (Å²) in [6, 6.07) is 13.2. The number of nitrogens with zero attached hydrogens (tertiary/aromatic N) is 2. The summed E-state index contributed by atoms with van der Waals surface area (Å²) in [5.74, 6) is 1.24.